The summed E-state index contributed by atoms with van der Waals surface area (Å²) in [6.07, 6.45) is 1.02. The Labute approximate surface area is 121 Å². The van der Waals surface area contributed by atoms with Crippen LogP contribution in [0.25, 0.3) is 10.8 Å². The number of hydrogen-bond donors (Lipinski definition) is 1. The predicted molar refractivity (Wildman–Crippen MR) is 84.9 cm³/mol. The highest BCUT2D eigenvalue weighted by molar-refractivity contribution is 5.83. The van der Waals surface area contributed by atoms with Crippen molar-refractivity contribution in [3.05, 3.63) is 48.0 Å². The molecular formula is C17H24N2O. The topological polar surface area (TPSA) is 38.5 Å². The van der Waals surface area contributed by atoms with Crippen molar-refractivity contribution >= 4 is 10.8 Å². The van der Waals surface area contributed by atoms with Crippen LogP contribution in [0.2, 0.25) is 0 Å². The summed E-state index contributed by atoms with van der Waals surface area (Å²) in [5.74, 6) is 0. The maximum absolute atomic E-state index is 5.98. The molecule has 1 atom stereocenters. The molecule has 2 N–H and O–H groups in total. The van der Waals surface area contributed by atoms with Gasteiger partial charge in [0.2, 0.25) is 0 Å². The first-order chi connectivity index (χ1) is 9.76. The van der Waals surface area contributed by atoms with Crippen LogP contribution in [0.15, 0.2) is 42.5 Å². The van der Waals surface area contributed by atoms with Crippen molar-refractivity contribution < 1.29 is 4.74 Å². The minimum atomic E-state index is 0.261. The van der Waals surface area contributed by atoms with Gasteiger partial charge in [0.15, 0.2) is 0 Å². The molecule has 0 aliphatic rings. The largest absolute Gasteiger partial charge is 0.385 e. The third kappa shape index (κ3) is 3.57. The van der Waals surface area contributed by atoms with Crippen molar-refractivity contribution in [2.45, 2.75) is 12.5 Å². The van der Waals surface area contributed by atoms with Crippen molar-refractivity contribution in [2.75, 3.05) is 33.9 Å². The van der Waals surface area contributed by atoms with Crippen LogP contribution >= 0.6 is 0 Å². The van der Waals surface area contributed by atoms with Gasteiger partial charge < -0.3 is 10.5 Å². The van der Waals surface area contributed by atoms with Gasteiger partial charge in [-0.3, -0.25) is 4.90 Å². The highest BCUT2D eigenvalue weighted by atomic mass is 16.5. The summed E-state index contributed by atoms with van der Waals surface area (Å²) in [6.45, 7) is 2.41. The Morgan fingerprint density at radius 1 is 1.15 bits per heavy atom. The van der Waals surface area contributed by atoms with Gasteiger partial charge in [0, 0.05) is 32.8 Å². The number of likely N-dealkylation sites (N-methyl/N-ethyl adjacent to an activating group) is 1. The van der Waals surface area contributed by atoms with Crippen LogP contribution in [0.3, 0.4) is 0 Å². The van der Waals surface area contributed by atoms with Crippen LogP contribution in [0.4, 0.5) is 0 Å². The number of rotatable bonds is 7. The zero-order chi connectivity index (χ0) is 14.4. The number of methoxy groups -OCH3 is 1. The van der Waals surface area contributed by atoms with Gasteiger partial charge in [0.25, 0.3) is 0 Å². The van der Waals surface area contributed by atoms with E-state index in [1.807, 2.05) is 0 Å². The Morgan fingerprint density at radius 2 is 1.90 bits per heavy atom. The van der Waals surface area contributed by atoms with Gasteiger partial charge in [-0.15, -0.1) is 0 Å². The second-order valence-corrected chi connectivity index (χ2v) is 5.19. The zero-order valence-corrected chi connectivity index (χ0v) is 12.4. The van der Waals surface area contributed by atoms with Crippen LogP contribution in [0, 0.1) is 0 Å². The number of hydrogen-bond acceptors (Lipinski definition) is 3. The molecule has 0 amide bonds. The van der Waals surface area contributed by atoms with Crippen LogP contribution in [-0.2, 0) is 4.74 Å². The third-order valence-corrected chi connectivity index (χ3v) is 3.77. The fraction of sp³-hybridized carbons (Fsp3) is 0.412. The molecule has 2 aromatic carbocycles. The Kier molecular flexibility index (Phi) is 5.53. The Morgan fingerprint density at radius 3 is 2.60 bits per heavy atom. The average Bonchev–Trinajstić information content (AvgIpc) is 2.48. The first-order valence-electron chi connectivity index (χ1n) is 7.14. The van der Waals surface area contributed by atoms with Gasteiger partial charge in [-0.25, -0.2) is 0 Å². The van der Waals surface area contributed by atoms with Gasteiger partial charge in [-0.2, -0.15) is 0 Å². The van der Waals surface area contributed by atoms with Crippen molar-refractivity contribution in [3.8, 4) is 0 Å². The number of nitrogens with zero attached hydrogens (tertiary/aromatic N) is 1. The molecule has 2 aromatic rings. The maximum Gasteiger partial charge on any atom is 0.0474 e. The number of benzene rings is 2. The molecule has 0 saturated carbocycles. The zero-order valence-electron chi connectivity index (χ0n) is 12.4. The van der Waals surface area contributed by atoms with Gasteiger partial charge in [0.1, 0.15) is 0 Å². The van der Waals surface area contributed by atoms with Crippen LogP contribution in [0.1, 0.15) is 18.0 Å². The van der Waals surface area contributed by atoms with E-state index in [1.54, 1.807) is 7.11 Å². The fourth-order valence-corrected chi connectivity index (χ4v) is 2.60. The summed E-state index contributed by atoms with van der Waals surface area (Å²) in [4.78, 5) is 2.31. The van der Waals surface area contributed by atoms with Crippen molar-refractivity contribution in [2.24, 2.45) is 5.73 Å². The standard InChI is InChI=1S/C17H24N2O/c1-19(10-5-11-20-2)17(13-18)16-9-8-14-6-3-4-7-15(14)12-16/h3-4,6-9,12,17H,5,10-11,13,18H2,1-2H3. The van der Waals surface area contributed by atoms with E-state index in [9.17, 15) is 0 Å². The summed E-state index contributed by atoms with van der Waals surface area (Å²) >= 11 is 0. The van der Waals surface area contributed by atoms with E-state index in [1.165, 1.54) is 16.3 Å². The van der Waals surface area contributed by atoms with E-state index in [-0.39, 0.29) is 6.04 Å². The minimum absolute atomic E-state index is 0.261. The van der Waals surface area contributed by atoms with E-state index < -0.39 is 0 Å². The summed E-state index contributed by atoms with van der Waals surface area (Å²) in [6, 6.07) is 15.3. The molecule has 3 nitrogen and oxygen atoms in total. The second-order valence-electron chi connectivity index (χ2n) is 5.19. The van der Waals surface area contributed by atoms with Crippen molar-refractivity contribution in [3.63, 3.8) is 0 Å². The molecule has 0 heterocycles. The quantitative estimate of drug-likeness (QED) is 0.788. The molecule has 2 rings (SSSR count). The molecule has 20 heavy (non-hydrogen) atoms. The second kappa shape index (κ2) is 7.39. The van der Waals surface area contributed by atoms with Crippen LogP contribution in [-0.4, -0.2) is 38.8 Å². The van der Waals surface area contributed by atoms with Gasteiger partial charge in [-0.05, 0) is 35.9 Å². The number of ether oxygens (including phenoxy) is 1. The van der Waals surface area contributed by atoms with Crippen molar-refractivity contribution in [1.29, 1.82) is 0 Å². The fourth-order valence-electron chi connectivity index (χ4n) is 2.60. The van der Waals surface area contributed by atoms with E-state index >= 15 is 0 Å². The Bertz CT molecular complexity index is 541. The lowest BCUT2D eigenvalue weighted by atomic mass is 10.0. The molecule has 0 aliphatic heterocycles. The molecule has 0 fully saturated rings. The molecule has 0 aromatic heterocycles. The molecule has 0 aliphatic carbocycles. The van der Waals surface area contributed by atoms with E-state index in [0.29, 0.717) is 6.54 Å². The van der Waals surface area contributed by atoms with E-state index in [0.717, 1.165) is 19.6 Å². The molecule has 3 heteroatoms. The lowest BCUT2D eigenvalue weighted by Crippen LogP contribution is -2.31. The predicted octanol–water partition coefficient (Wildman–Crippen LogP) is 2.81. The number of nitrogens with two attached hydrogens (primary N) is 1. The summed E-state index contributed by atoms with van der Waals surface area (Å²) < 4.78 is 5.11. The van der Waals surface area contributed by atoms with Gasteiger partial charge >= 0.3 is 0 Å². The molecule has 0 spiro atoms. The third-order valence-electron chi connectivity index (χ3n) is 3.77. The monoisotopic (exact) mass is 272 g/mol. The normalized spacial score (nSPS) is 13.0. The van der Waals surface area contributed by atoms with Crippen LogP contribution in [0.5, 0.6) is 0 Å². The van der Waals surface area contributed by atoms with Gasteiger partial charge in [0.05, 0.1) is 0 Å². The Balaban J connectivity index is 2.16. The highest BCUT2D eigenvalue weighted by Gasteiger charge is 2.15. The molecule has 0 radical (unpaired) electrons. The first kappa shape index (κ1) is 15.0. The lowest BCUT2D eigenvalue weighted by Gasteiger charge is -2.27. The molecule has 1 unspecified atom stereocenters. The maximum atomic E-state index is 5.98. The molecule has 0 bridgehead atoms. The Hall–Kier alpha value is -1.42. The van der Waals surface area contributed by atoms with Crippen molar-refractivity contribution in [1.82, 2.24) is 4.90 Å². The van der Waals surface area contributed by atoms with E-state index in [4.69, 9.17) is 10.5 Å². The first-order valence-corrected chi connectivity index (χ1v) is 7.14. The molecule has 108 valence electrons. The van der Waals surface area contributed by atoms with Crippen LogP contribution < -0.4 is 5.73 Å². The lowest BCUT2D eigenvalue weighted by molar-refractivity contribution is 0.166. The number of fused-ring (bicyclic) bond motifs is 1. The SMILES string of the molecule is COCCCN(C)C(CN)c1ccc2ccccc2c1. The molecule has 0 saturated heterocycles. The summed E-state index contributed by atoms with van der Waals surface area (Å²) in [7, 11) is 3.87. The summed E-state index contributed by atoms with van der Waals surface area (Å²) in [5.41, 5.74) is 7.26. The highest BCUT2D eigenvalue weighted by Crippen LogP contribution is 2.23. The summed E-state index contributed by atoms with van der Waals surface area (Å²) in [5, 5.41) is 2.54. The minimum Gasteiger partial charge on any atom is -0.385 e. The molecular weight excluding hydrogens is 248 g/mol. The van der Waals surface area contributed by atoms with Gasteiger partial charge in [-0.1, -0.05) is 36.4 Å². The van der Waals surface area contributed by atoms with E-state index in [2.05, 4.69) is 54.4 Å². The smallest absolute Gasteiger partial charge is 0.0474 e. The average molecular weight is 272 g/mol.